The number of hydrogen-bond acceptors (Lipinski definition) is 5. The number of nitrogens with one attached hydrogen (secondary N) is 1. The van der Waals surface area contributed by atoms with Crippen molar-refractivity contribution in [2.45, 2.75) is 31.6 Å². The molecule has 0 aromatic heterocycles. The highest BCUT2D eigenvalue weighted by Crippen LogP contribution is 2.31. The Balaban J connectivity index is 1.36. The Bertz CT molecular complexity index is 1440. The van der Waals surface area contributed by atoms with Crippen molar-refractivity contribution in [3.63, 3.8) is 0 Å². The van der Waals surface area contributed by atoms with Crippen LogP contribution in [-0.2, 0) is 16.4 Å². The van der Waals surface area contributed by atoms with Crippen molar-refractivity contribution in [3.8, 4) is 0 Å². The molecule has 3 aromatic carbocycles. The van der Waals surface area contributed by atoms with Crippen LogP contribution in [0.4, 0.5) is 11.4 Å². The number of para-hydroxylation sites is 1. The molecule has 0 bridgehead atoms. The number of carbonyl (C=O) groups is 1. The van der Waals surface area contributed by atoms with E-state index in [4.69, 9.17) is 0 Å². The molecule has 0 spiro atoms. The summed E-state index contributed by atoms with van der Waals surface area (Å²) in [7, 11) is -3.92. The molecule has 0 unspecified atom stereocenters. The summed E-state index contributed by atoms with van der Waals surface area (Å²) in [4.78, 5) is 21.5. The van der Waals surface area contributed by atoms with Gasteiger partial charge in [-0.05, 0) is 75.3 Å². The molecule has 8 heteroatoms. The first kappa shape index (κ1) is 28.3. The first-order chi connectivity index (χ1) is 18.8. The fraction of sp³-hybridized carbons (Fsp3) is 0.290. The minimum Gasteiger partial charge on any atom is -0.336 e. The van der Waals surface area contributed by atoms with Gasteiger partial charge in [-0.2, -0.15) is 0 Å². The van der Waals surface area contributed by atoms with Crippen LogP contribution in [-0.4, -0.2) is 63.6 Å². The molecule has 1 amide bonds. The number of sulfonamides is 1. The third kappa shape index (κ3) is 7.02. The zero-order valence-electron chi connectivity index (χ0n) is 22.6. The smallest absolute Gasteiger partial charge is 0.264 e. The number of aryl methyl sites for hydroxylation is 2. The van der Waals surface area contributed by atoms with E-state index in [2.05, 4.69) is 45.6 Å². The predicted molar refractivity (Wildman–Crippen MR) is 159 cm³/mol. The molecule has 1 heterocycles. The van der Waals surface area contributed by atoms with E-state index < -0.39 is 10.0 Å². The highest BCUT2D eigenvalue weighted by atomic mass is 32.2. The average molecular weight is 545 g/mol. The van der Waals surface area contributed by atoms with Gasteiger partial charge in [0.2, 0.25) is 0 Å². The molecular weight excluding hydrogens is 508 g/mol. The van der Waals surface area contributed by atoms with Gasteiger partial charge < -0.3 is 4.90 Å². The van der Waals surface area contributed by atoms with Crippen molar-refractivity contribution in [3.05, 3.63) is 95.1 Å². The van der Waals surface area contributed by atoms with Gasteiger partial charge in [0, 0.05) is 37.3 Å². The maximum atomic E-state index is 13.2. The molecule has 1 aliphatic heterocycles. The summed E-state index contributed by atoms with van der Waals surface area (Å²) in [6.45, 7) is 11.3. The van der Waals surface area contributed by atoms with E-state index in [9.17, 15) is 13.2 Å². The quantitative estimate of drug-likeness (QED) is 0.339. The maximum absolute atomic E-state index is 13.2. The molecular formula is C31H36N4O3S. The normalized spacial score (nSPS) is 14.5. The molecule has 0 saturated carbocycles. The Morgan fingerprint density at radius 2 is 1.77 bits per heavy atom. The average Bonchev–Trinajstić information content (AvgIpc) is 2.94. The number of rotatable bonds is 10. The number of nitrogens with zero attached hydrogens (tertiary/aromatic N) is 3. The van der Waals surface area contributed by atoms with Crippen LogP contribution >= 0.6 is 0 Å². The second-order valence-corrected chi connectivity index (χ2v) is 11.4. The molecule has 1 saturated heterocycles. The molecule has 0 aliphatic carbocycles. The largest absolute Gasteiger partial charge is 0.336 e. The summed E-state index contributed by atoms with van der Waals surface area (Å²) < 4.78 is 29.1. The molecule has 1 fully saturated rings. The monoisotopic (exact) mass is 544 g/mol. The van der Waals surface area contributed by atoms with Gasteiger partial charge in [0.25, 0.3) is 15.9 Å². The fourth-order valence-corrected chi connectivity index (χ4v) is 6.18. The summed E-state index contributed by atoms with van der Waals surface area (Å²) in [5, 5.41) is 0. The SMILES string of the molecule is C=Nc1c(/C=C\C)cccc1S(=O)(=O)Nc1ccc(C(=O)N2CCN(CCCc3ccccc3)CC2)cc1C. The third-order valence-electron chi connectivity index (χ3n) is 6.98. The highest BCUT2D eigenvalue weighted by molar-refractivity contribution is 7.92. The van der Waals surface area contributed by atoms with Crippen LogP contribution in [0.5, 0.6) is 0 Å². The van der Waals surface area contributed by atoms with Gasteiger partial charge in [0.1, 0.15) is 4.90 Å². The number of amides is 1. The molecule has 204 valence electrons. The molecule has 7 nitrogen and oxygen atoms in total. The molecule has 39 heavy (non-hydrogen) atoms. The minimum absolute atomic E-state index is 0.0337. The summed E-state index contributed by atoms with van der Waals surface area (Å²) in [6, 6.07) is 20.6. The first-order valence-corrected chi connectivity index (χ1v) is 14.7. The Kier molecular flexibility index (Phi) is 9.32. The number of anilines is 1. The number of benzene rings is 3. The number of allylic oxidation sites excluding steroid dienone is 1. The lowest BCUT2D eigenvalue weighted by Crippen LogP contribution is -2.48. The van der Waals surface area contributed by atoms with Crippen molar-refractivity contribution in [2.75, 3.05) is 37.4 Å². The maximum Gasteiger partial charge on any atom is 0.264 e. The van der Waals surface area contributed by atoms with E-state index in [1.54, 1.807) is 43.3 Å². The number of piperazine rings is 1. The zero-order valence-corrected chi connectivity index (χ0v) is 23.5. The Hall–Kier alpha value is -3.75. The Morgan fingerprint density at radius 1 is 1.03 bits per heavy atom. The lowest BCUT2D eigenvalue weighted by Gasteiger charge is -2.35. The topological polar surface area (TPSA) is 82.1 Å². The second-order valence-electron chi connectivity index (χ2n) is 9.71. The van der Waals surface area contributed by atoms with Crippen LogP contribution in [0.1, 0.15) is 40.4 Å². The van der Waals surface area contributed by atoms with Crippen LogP contribution in [0.15, 0.2) is 82.7 Å². The highest BCUT2D eigenvalue weighted by Gasteiger charge is 2.24. The van der Waals surface area contributed by atoms with Crippen LogP contribution < -0.4 is 4.72 Å². The van der Waals surface area contributed by atoms with E-state index in [0.717, 1.165) is 32.5 Å². The summed E-state index contributed by atoms with van der Waals surface area (Å²) >= 11 is 0. The lowest BCUT2D eigenvalue weighted by atomic mass is 10.1. The van der Waals surface area contributed by atoms with Gasteiger partial charge in [0.15, 0.2) is 0 Å². The van der Waals surface area contributed by atoms with Gasteiger partial charge in [-0.25, -0.2) is 8.42 Å². The first-order valence-electron chi connectivity index (χ1n) is 13.2. The Morgan fingerprint density at radius 3 is 2.44 bits per heavy atom. The van der Waals surface area contributed by atoms with Crippen molar-refractivity contribution >= 4 is 40.1 Å². The second kappa shape index (κ2) is 12.9. The fourth-order valence-electron chi connectivity index (χ4n) is 4.86. The van der Waals surface area contributed by atoms with E-state index in [1.165, 1.54) is 11.6 Å². The predicted octanol–water partition coefficient (Wildman–Crippen LogP) is 5.55. The number of aliphatic imine (C=N–C) groups is 1. The van der Waals surface area contributed by atoms with Crippen LogP contribution in [0, 0.1) is 6.92 Å². The van der Waals surface area contributed by atoms with Crippen LogP contribution in [0.3, 0.4) is 0 Å². The van der Waals surface area contributed by atoms with Gasteiger partial charge in [-0.15, -0.1) is 0 Å². The summed E-state index contributed by atoms with van der Waals surface area (Å²) in [5.74, 6) is -0.0337. The summed E-state index contributed by atoms with van der Waals surface area (Å²) in [5.41, 5.74) is 3.96. The van der Waals surface area contributed by atoms with Gasteiger partial charge in [-0.1, -0.05) is 54.6 Å². The zero-order chi connectivity index (χ0) is 27.8. The number of carbonyl (C=O) groups excluding carboxylic acids is 1. The van der Waals surface area contributed by atoms with Gasteiger partial charge >= 0.3 is 0 Å². The number of hydrogen-bond donors (Lipinski definition) is 1. The van der Waals surface area contributed by atoms with Crippen molar-refractivity contribution < 1.29 is 13.2 Å². The molecule has 0 radical (unpaired) electrons. The van der Waals surface area contributed by atoms with Gasteiger partial charge in [-0.3, -0.25) is 19.4 Å². The van der Waals surface area contributed by atoms with Crippen LogP contribution in [0.25, 0.3) is 6.08 Å². The summed E-state index contributed by atoms with van der Waals surface area (Å²) in [6.07, 6.45) is 5.76. The molecule has 3 aromatic rings. The van der Waals surface area contributed by atoms with Crippen molar-refractivity contribution in [2.24, 2.45) is 4.99 Å². The van der Waals surface area contributed by atoms with Crippen molar-refractivity contribution in [1.82, 2.24) is 9.80 Å². The van der Waals surface area contributed by atoms with E-state index in [1.807, 2.05) is 24.0 Å². The molecule has 1 N–H and O–H groups in total. The Labute approximate surface area is 231 Å². The standard InChI is InChI=1S/C31H36N4O3S/c1-4-10-26-14-8-15-29(30(26)32-3)39(37,38)33-28-17-16-27(23-24(28)2)31(36)35-21-19-34(20-22-35)18-9-13-25-11-6-5-7-12-25/h4-8,10-12,14-17,23,33H,3,9,13,18-22H2,1-2H3/b10-4-. The third-order valence-corrected chi connectivity index (χ3v) is 8.38. The molecule has 4 rings (SSSR count). The molecule has 1 aliphatic rings. The van der Waals surface area contributed by atoms with Crippen molar-refractivity contribution in [1.29, 1.82) is 0 Å². The minimum atomic E-state index is -3.92. The van der Waals surface area contributed by atoms with Gasteiger partial charge in [0.05, 0.1) is 11.4 Å². The van der Waals surface area contributed by atoms with Crippen LogP contribution in [0.2, 0.25) is 0 Å². The van der Waals surface area contributed by atoms with E-state index in [-0.39, 0.29) is 10.8 Å². The van der Waals surface area contributed by atoms with E-state index in [0.29, 0.717) is 41.2 Å². The molecule has 0 atom stereocenters. The lowest BCUT2D eigenvalue weighted by molar-refractivity contribution is 0.0636. The van der Waals surface area contributed by atoms with E-state index >= 15 is 0 Å².